The van der Waals surface area contributed by atoms with Gasteiger partial charge in [-0.1, -0.05) is 41.9 Å². The van der Waals surface area contributed by atoms with Crippen LogP contribution in [0.3, 0.4) is 0 Å². The van der Waals surface area contributed by atoms with Crippen molar-refractivity contribution in [2.24, 2.45) is 0 Å². The Morgan fingerprint density at radius 1 is 1.28 bits per heavy atom. The number of hydrogen-bond acceptors (Lipinski definition) is 4. The van der Waals surface area contributed by atoms with Gasteiger partial charge in [0.15, 0.2) is 5.76 Å². The topological polar surface area (TPSA) is 58.0 Å². The molecule has 1 aromatic carbocycles. The van der Waals surface area contributed by atoms with Crippen LogP contribution in [0.1, 0.15) is 48.4 Å². The summed E-state index contributed by atoms with van der Waals surface area (Å²) in [6.07, 6.45) is 5.17. The van der Waals surface area contributed by atoms with Gasteiger partial charge in [-0.25, -0.2) is 0 Å². The van der Waals surface area contributed by atoms with Crippen LogP contribution in [0.2, 0.25) is 0 Å². The lowest BCUT2D eigenvalue weighted by Gasteiger charge is -2.22. The van der Waals surface area contributed by atoms with Crippen molar-refractivity contribution in [2.45, 2.75) is 45.7 Å². The molecule has 1 atom stereocenters. The molecule has 130 valence electrons. The van der Waals surface area contributed by atoms with Crippen molar-refractivity contribution in [3.05, 3.63) is 59.1 Å². The third-order valence-corrected chi connectivity index (χ3v) is 5.06. The third kappa shape index (κ3) is 3.24. The summed E-state index contributed by atoms with van der Waals surface area (Å²) in [5.74, 6) is 0.995. The van der Waals surface area contributed by atoms with E-state index in [0.29, 0.717) is 6.04 Å². The average molecular weight is 336 g/mol. The highest BCUT2D eigenvalue weighted by atomic mass is 16.5. The molecule has 1 fully saturated rings. The minimum absolute atomic E-state index is 0.313. The largest absolute Gasteiger partial charge is 0.359 e. The van der Waals surface area contributed by atoms with Gasteiger partial charge < -0.3 is 4.52 Å². The highest BCUT2D eigenvalue weighted by Crippen LogP contribution is 2.34. The van der Waals surface area contributed by atoms with Crippen LogP contribution < -0.4 is 0 Å². The number of aromatic amines is 1. The average Bonchev–Trinajstić information content (AvgIpc) is 3.36. The van der Waals surface area contributed by atoms with Crippen molar-refractivity contribution >= 4 is 0 Å². The van der Waals surface area contributed by atoms with Crippen molar-refractivity contribution in [3.63, 3.8) is 0 Å². The van der Waals surface area contributed by atoms with Crippen LogP contribution in [0, 0.1) is 6.92 Å². The Morgan fingerprint density at radius 2 is 2.12 bits per heavy atom. The minimum Gasteiger partial charge on any atom is -0.359 e. The Labute approximate surface area is 148 Å². The van der Waals surface area contributed by atoms with Crippen molar-refractivity contribution in [1.82, 2.24) is 20.3 Å². The van der Waals surface area contributed by atoms with Gasteiger partial charge in [0.1, 0.15) is 0 Å². The molecule has 5 nitrogen and oxygen atoms in total. The van der Waals surface area contributed by atoms with Gasteiger partial charge in [-0.05, 0) is 38.3 Å². The molecule has 3 heterocycles. The molecule has 0 aliphatic carbocycles. The first-order valence-electron chi connectivity index (χ1n) is 9.03. The zero-order chi connectivity index (χ0) is 17.2. The van der Waals surface area contributed by atoms with E-state index in [4.69, 9.17) is 4.52 Å². The molecule has 1 aliphatic heterocycles. The smallest absolute Gasteiger partial charge is 0.154 e. The van der Waals surface area contributed by atoms with Crippen LogP contribution in [0.15, 0.2) is 41.1 Å². The van der Waals surface area contributed by atoms with Gasteiger partial charge in [-0.15, -0.1) is 0 Å². The van der Waals surface area contributed by atoms with Crippen LogP contribution in [0.25, 0.3) is 11.3 Å². The Balaban J connectivity index is 1.55. The highest BCUT2D eigenvalue weighted by molar-refractivity contribution is 5.62. The fraction of sp³-hybridized carbons (Fsp3) is 0.400. The number of nitrogens with zero attached hydrogens (tertiary/aromatic N) is 3. The SMILES string of the molecule is CCc1cc([C@@H]2CCCN2Cc2cn[nH]c2-c2ccc(C)cc2)on1. The lowest BCUT2D eigenvalue weighted by atomic mass is 10.1. The number of aryl methyl sites for hydroxylation is 2. The van der Waals surface area contributed by atoms with Gasteiger partial charge in [-0.3, -0.25) is 10.00 Å². The summed E-state index contributed by atoms with van der Waals surface area (Å²) in [6.45, 7) is 6.15. The zero-order valence-electron chi connectivity index (χ0n) is 14.8. The molecule has 0 unspecified atom stereocenters. The van der Waals surface area contributed by atoms with Crippen molar-refractivity contribution in [2.75, 3.05) is 6.54 Å². The van der Waals surface area contributed by atoms with E-state index in [9.17, 15) is 0 Å². The van der Waals surface area contributed by atoms with Gasteiger partial charge >= 0.3 is 0 Å². The van der Waals surface area contributed by atoms with Gasteiger partial charge in [0.25, 0.3) is 0 Å². The van der Waals surface area contributed by atoms with Crippen LogP contribution in [-0.2, 0) is 13.0 Å². The van der Waals surface area contributed by atoms with E-state index in [1.807, 2.05) is 6.20 Å². The fourth-order valence-corrected chi connectivity index (χ4v) is 3.61. The van der Waals surface area contributed by atoms with Gasteiger partial charge in [0.05, 0.1) is 23.6 Å². The van der Waals surface area contributed by atoms with E-state index in [1.165, 1.54) is 23.1 Å². The first kappa shape index (κ1) is 16.1. The summed E-state index contributed by atoms with van der Waals surface area (Å²) >= 11 is 0. The van der Waals surface area contributed by atoms with Crippen LogP contribution in [0.5, 0.6) is 0 Å². The van der Waals surface area contributed by atoms with Gasteiger partial charge in [0, 0.05) is 18.2 Å². The predicted molar refractivity (Wildman–Crippen MR) is 97.0 cm³/mol. The summed E-state index contributed by atoms with van der Waals surface area (Å²) in [6, 6.07) is 11.0. The Kier molecular flexibility index (Phi) is 4.40. The molecular formula is C20H24N4O. The van der Waals surface area contributed by atoms with E-state index in [2.05, 4.69) is 64.4 Å². The maximum atomic E-state index is 5.60. The van der Waals surface area contributed by atoms with E-state index >= 15 is 0 Å². The Bertz CT molecular complexity index is 834. The van der Waals surface area contributed by atoms with E-state index in [0.717, 1.165) is 43.1 Å². The van der Waals surface area contributed by atoms with E-state index in [-0.39, 0.29) is 0 Å². The molecule has 1 saturated heterocycles. The minimum atomic E-state index is 0.313. The molecule has 0 amide bonds. The van der Waals surface area contributed by atoms with Crippen LogP contribution in [-0.4, -0.2) is 26.8 Å². The fourth-order valence-electron chi connectivity index (χ4n) is 3.61. The molecule has 4 rings (SSSR count). The molecule has 25 heavy (non-hydrogen) atoms. The zero-order valence-corrected chi connectivity index (χ0v) is 14.8. The predicted octanol–water partition coefficient (Wildman–Crippen LogP) is 4.27. The first-order valence-corrected chi connectivity index (χ1v) is 9.03. The lowest BCUT2D eigenvalue weighted by molar-refractivity contribution is 0.206. The van der Waals surface area contributed by atoms with E-state index < -0.39 is 0 Å². The monoisotopic (exact) mass is 336 g/mol. The highest BCUT2D eigenvalue weighted by Gasteiger charge is 2.30. The Hall–Kier alpha value is -2.40. The summed E-state index contributed by atoms with van der Waals surface area (Å²) < 4.78 is 5.60. The second kappa shape index (κ2) is 6.84. The third-order valence-electron chi connectivity index (χ3n) is 5.06. The van der Waals surface area contributed by atoms with Crippen LogP contribution in [0.4, 0.5) is 0 Å². The van der Waals surface area contributed by atoms with Crippen molar-refractivity contribution < 1.29 is 4.52 Å². The van der Waals surface area contributed by atoms with Gasteiger partial charge in [0.2, 0.25) is 0 Å². The number of nitrogens with one attached hydrogen (secondary N) is 1. The van der Waals surface area contributed by atoms with Crippen LogP contribution >= 0.6 is 0 Å². The summed E-state index contributed by atoms with van der Waals surface area (Å²) in [7, 11) is 0. The molecular weight excluding hydrogens is 312 g/mol. The maximum absolute atomic E-state index is 5.60. The quantitative estimate of drug-likeness (QED) is 0.756. The molecule has 5 heteroatoms. The first-order chi connectivity index (χ1) is 12.2. The summed E-state index contributed by atoms with van der Waals surface area (Å²) in [5.41, 5.74) is 5.82. The molecule has 3 aromatic rings. The standard InChI is InChI=1S/C20H24N4O/c1-3-17-11-19(25-23-17)18-5-4-10-24(18)13-16-12-21-22-20(16)15-8-6-14(2)7-9-15/h6-9,11-12,18H,3-5,10,13H2,1-2H3,(H,21,22)/t18-/m0/s1. The number of benzene rings is 1. The number of H-pyrrole nitrogens is 1. The molecule has 2 aromatic heterocycles. The van der Waals surface area contributed by atoms with Crippen molar-refractivity contribution in [1.29, 1.82) is 0 Å². The maximum Gasteiger partial charge on any atom is 0.154 e. The molecule has 1 aliphatic rings. The second-order valence-electron chi connectivity index (χ2n) is 6.84. The number of aromatic nitrogens is 3. The molecule has 0 saturated carbocycles. The molecule has 1 N–H and O–H groups in total. The Morgan fingerprint density at radius 3 is 2.88 bits per heavy atom. The second-order valence-corrected chi connectivity index (χ2v) is 6.84. The molecule has 0 bridgehead atoms. The number of hydrogen-bond donors (Lipinski definition) is 1. The lowest BCUT2D eigenvalue weighted by Crippen LogP contribution is -2.22. The molecule has 0 spiro atoms. The number of rotatable bonds is 5. The van der Waals surface area contributed by atoms with Gasteiger partial charge in [-0.2, -0.15) is 5.10 Å². The summed E-state index contributed by atoms with van der Waals surface area (Å²) in [4.78, 5) is 2.47. The van der Waals surface area contributed by atoms with Crippen molar-refractivity contribution in [3.8, 4) is 11.3 Å². The summed E-state index contributed by atoms with van der Waals surface area (Å²) in [5, 5.41) is 11.6. The number of likely N-dealkylation sites (tertiary alicyclic amines) is 1. The van der Waals surface area contributed by atoms with E-state index in [1.54, 1.807) is 0 Å². The normalized spacial score (nSPS) is 18.1. The molecule has 0 radical (unpaired) electrons.